The zero-order valence-corrected chi connectivity index (χ0v) is 12.8. The first-order valence-corrected chi connectivity index (χ1v) is 6.65. The lowest BCUT2D eigenvalue weighted by molar-refractivity contribution is -0.0471. The molecule has 0 aliphatic carbocycles. The minimum absolute atomic E-state index is 0.353. The molecule has 1 fully saturated rings. The molecule has 0 saturated carbocycles. The van der Waals surface area contributed by atoms with Gasteiger partial charge in [0.25, 0.3) is 0 Å². The number of hydrogen-bond acceptors (Lipinski definition) is 5. The van der Waals surface area contributed by atoms with Crippen molar-refractivity contribution < 1.29 is 23.7 Å². The highest BCUT2D eigenvalue weighted by Crippen LogP contribution is 2.21. The molecule has 5 nitrogen and oxygen atoms in total. The van der Waals surface area contributed by atoms with Gasteiger partial charge in [-0.1, -0.05) is 26.3 Å². The van der Waals surface area contributed by atoms with Crippen molar-refractivity contribution in [3.8, 4) is 0 Å². The van der Waals surface area contributed by atoms with E-state index in [2.05, 4.69) is 33.2 Å². The Hall–Kier alpha value is -1.88. The van der Waals surface area contributed by atoms with Crippen LogP contribution in [0.4, 0.5) is 0 Å². The molecule has 0 amide bonds. The first-order valence-electron chi connectivity index (χ1n) is 6.65. The van der Waals surface area contributed by atoms with E-state index < -0.39 is 5.41 Å². The molecule has 0 aromatic heterocycles. The lowest BCUT2D eigenvalue weighted by Gasteiger charge is -2.30. The Kier molecular flexibility index (Phi) is 10.8. The molecule has 120 valence electrons. The molecule has 0 aromatic rings. The summed E-state index contributed by atoms with van der Waals surface area (Å²) >= 11 is 0. The van der Waals surface area contributed by atoms with Gasteiger partial charge in [-0.2, -0.15) is 0 Å². The molecule has 0 spiro atoms. The topological polar surface area (TPSA) is 49.5 Å². The van der Waals surface area contributed by atoms with Gasteiger partial charge >= 0.3 is 0 Å². The molecule has 1 heterocycles. The van der Waals surface area contributed by atoms with E-state index in [1.807, 2.05) is 0 Å². The van der Waals surface area contributed by atoms with E-state index in [1.165, 1.54) is 25.0 Å². The quantitative estimate of drug-likeness (QED) is 0.409. The van der Waals surface area contributed by atoms with Crippen LogP contribution in [0.25, 0.3) is 0 Å². The van der Waals surface area contributed by atoms with E-state index in [9.17, 15) is 0 Å². The Balaban J connectivity index is 0.000000847. The van der Waals surface area contributed by atoms with E-state index in [4.69, 9.17) is 23.7 Å². The molecule has 0 bridgehead atoms. The lowest BCUT2D eigenvalue weighted by atomic mass is 9.92. The van der Waals surface area contributed by atoms with Crippen LogP contribution >= 0.6 is 0 Å². The third kappa shape index (κ3) is 10.6. The van der Waals surface area contributed by atoms with E-state index in [0.717, 1.165) is 6.61 Å². The molecule has 1 aliphatic rings. The van der Waals surface area contributed by atoms with Crippen LogP contribution in [0, 0.1) is 5.41 Å². The van der Waals surface area contributed by atoms with E-state index in [-0.39, 0.29) is 0 Å². The van der Waals surface area contributed by atoms with Gasteiger partial charge in [0.15, 0.2) is 0 Å². The van der Waals surface area contributed by atoms with Crippen LogP contribution < -0.4 is 0 Å². The molecular weight excluding hydrogens is 272 g/mol. The molecule has 0 N–H and O–H groups in total. The molecule has 21 heavy (non-hydrogen) atoms. The van der Waals surface area contributed by atoms with E-state index in [1.54, 1.807) is 0 Å². The second kappa shape index (κ2) is 11.9. The maximum absolute atomic E-state index is 5.21. The number of rotatable bonds is 12. The summed E-state index contributed by atoms with van der Waals surface area (Å²) in [5.41, 5.74) is -0.468. The summed E-state index contributed by atoms with van der Waals surface area (Å²) in [4.78, 5) is 0. The molecule has 0 aromatic carbocycles. The van der Waals surface area contributed by atoms with Gasteiger partial charge in [0.2, 0.25) is 0 Å². The second-order valence-corrected chi connectivity index (χ2v) is 4.55. The van der Waals surface area contributed by atoms with Crippen LogP contribution in [-0.4, -0.2) is 39.1 Å². The summed E-state index contributed by atoms with van der Waals surface area (Å²) in [6.07, 6.45) is 6.05. The van der Waals surface area contributed by atoms with Crippen molar-refractivity contribution in [2.45, 2.75) is 13.0 Å². The molecule has 1 rings (SSSR count). The molecule has 5 heteroatoms. The first-order chi connectivity index (χ1) is 10.1. The minimum Gasteiger partial charge on any atom is -0.501 e. The highest BCUT2D eigenvalue weighted by Gasteiger charge is 2.34. The fraction of sp³-hybridized carbons (Fsp3) is 0.500. The Morgan fingerprint density at radius 2 is 1.10 bits per heavy atom. The second-order valence-electron chi connectivity index (χ2n) is 4.55. The van der Waals surface area contributed by atoms with Gasteiger partial charge in [-0.3, -0.25) is 0 Å². The fourth-order valence-electron chi connectivity index (χ4n) is 1.29. The normalized spacial score (nSPS) is 15.6. The smallest absolute Gasteiger partial charge is 0.106 e. The summed E-state index contributed by atoms with van der Waals surface area (Å²) in [5, 5.41) is 0. The van der Waals surface area contributed by atoms with Crippen LogP contribution in [0.2, 0.25) is 0 Å². The van der Waals surface area contributed by atoms with Crippen molar-refractivity contribution in [1.82, 2.24) is 0 Å². The monoisotopic (exact) mass is 298 g/mol. The standard InChI is InChI=1S/C13H20O4.C3H6O/c1-5-14-9-13(10-15-6-2,11-16-7-3)12-17-8-4;1-3-2-4-3/h5-8H,1-4,9-12H2;3H,2H2,1H3. The predicted molar refractivity (Wildman–Crippen MR) is 82.4 cm³/mol. The summed E-state index contributed by atoms with van der Waals surface area (Å²) in [5.74, 6) is 0. The first kappa shape index (κ1) is 19.1. The van der Waals surface area contributed by atoms with Crippen LogP contribution in [0.3, 0.4) is 0 Å². The molecule has 1 aliphatic heterocycles. The molecule has 1 unspecified atom stereocenters. The minimum atomic E-state index is -0.468. The summed E-state index contributed by atoms with van der Waals surface area (Å²) < 4.78 is 25.6. The molecule has 0 radical (unpaired) electrons. The number of epoxide rings is 1. The van der Waals surface area contributed by atoms with Gasteiger partial charge in [-0.05, 0) is 6.92 Å². The molecule has 1 saturated heterocycles. The SMILES string of the molecule is C=COCC(COC=C)(COC=C)COC=C.CC1CO1. The average molecular weight is 298 g/mol. The van der Waals surface area contributed by atoms with E-state index in [0.29, 0.717) is 32.5 Å². The van der Waals surface area contributed by atoms with Crippen molar-refractivity contribution in [1.29, 1.82) is 0 Å². The van der Waals surface area contributed by atoms with Gasteiger partial charge in [0.05, 0.1) is 37.8 Å². The van der Waals surface area contributed by atoms with Gasteiger partial charge in [-0.25, -0.2) is 0 Å². The highest BCUT2D eigenvalue weighted by atomic mass is 16.6. The van der Waals surface area contributed by atoms with Crippen LogP contribution in [0.15, 0.2) is 51.4 Å². The van der Waals surface area contributed by atoms with Crippen molar-refractivity contribution in [2.75, 3.05) is 33.0 Å². The third-order valence-corrected chi connectivity index (χ3v) is 2.53. The van der Waals surface area contributed by atoms with Crippen LogP contribution in [-0.2, 0) is 23.7 Å². The summed E-state index contributed by atoms with van der Waals surface area (Å²) in [7, 11) is 0. The van der Waals surface area contributed by atoms with Gasteiger partial charge in [0, 0.05) is 0 Å². The van der Waals surface area contributed by atoms with Crippen molar-refractivity contribution in [3.63, 3.8) is 0 Å². The van der Waals surface area contributed by atoms with Gasteiger partial charge < -0.3 is 23.7 Å². The fourth-order valence-corrected chi connectivity index (χ4v) is 1.29. The highest BCUT2D eigenvalue weighted by molar-refractivity contribution is 4.82. The van der Waals surface area contributed by atoms with Crippen LogP contribution in [0.5, 0.6) is 0 Å². The van der Waals surface area contributed by atoms with Crippen LogP contribution in [0.1, 0.15) is 6.92 Å². The Morgan fingerprint density at radius 3 is 1.24 bits per heavy atom. The van der Waals surface area contributed by atoms with Crippen molar-refractivity contribution in [2.24, 2.45) is 5.41 Å². The van der Waals surface area contributed by atoms with E-state index >= 15 is 0 Å². The van der Waals surface area contributed by atoms with Gasteiger partial charge in [0.1, 0.15) is 31.8 Å². The predicted octanol–water partition coefficient (Wildman–Crippen LogP) is 3.02. The number of hydrogen-bond donors (Lipinski definition) is 0. The summed E-state index contributed by atoms with van der Waals surface area (Å²) in [6.45, 7) is 18.5. The molecule has 1 atom stereocenters. The Labute approximate surface area is 127 Å². The zero-order chi connectivity index (χ0) is 16.0. The Bertz CT molecular complexity index is 256. The maximum atomic E-state index is 5.21. The third-order valence-electron chi connectivity index (χ3n) is 2.53. The average Bonchev–Trinajstić information content (AvgIpc) is 3.29. The summed E-state index contributed by atoms with van der Waals surface area (Å²) in [6, 6.07) is 0. The maximum Gasteiger partial charge on any atom is 0.106 e. The van der Waals surface area contributed by atoms with Crippen molar-refractivity contribution >= 4 is 0 Å². The lowest BCUT2D eigenvalue weighted by Crippen LogP contribution is -2.40. The largest absolute Gasteiger partial charge is 0.501 e. The molecular formula is C16H26O5. The van der Waals surface area contributed by atoms with Crippen molar-refractivity contribution in [3.05, 3.63) is 51.4 Å². The Morgan fingerprint density at radius 1 is 0.857 bits per heavy atom. The number of ether oxygens (including phenoxy) is 5. The zero-order valence-electron chi connectivity index (χ0n) is 12.8. The van der Waals surface area contributed by atoms with Gasteiger partial charge in [-0.15, -0.1) is 0 Å².